The maximum atomic E-state index is 9.84. The second-order valence-corrected chi connectivity index (χ2v) is 6.10. The van der Waals surface area contributed by atoms with Crippen LogP contribution in [0.1, 0.15) is 79.1 Å². The van der Waals surface area contributed by atoms with Crippen molar-refractivity contribution in [3.63, 3.8) is 0 Å². The molecule has 2 unspecified atom stereocenters. The molecule has 0 aromatic carbocycles. The molecule has 138 valence electrons. The van der Waals surface area contributed by atoms with Gasteiger partial charge in [0.05, 0.1) is 7.11 Å². The summed E-state index contributed by atoms with van der Waals surface area (Å²) in [5, 5.41) is 0. The predicted molar refractivity (Wildman–Crippen MR) is 99.6 cm³/mol. The number of unbranched alkanes of at least 4 members (excludes halogenated alkanes) is 2. The van der Waals surface area contributed by atoms with Gasteiger partial charge in [-0.15, -0.1) is 0 Å². The molecular formula is C20H40O3. The molecule has 3 heteroatoms. The largest absolute Gasteiger partial charge is 0.466 e. The molecule has 0 rings (SSSR count). The fraction of sp³-hybridized carbons (Fsp3) is 0.850. The number of methoxy groups -OCH3 is 1. The fourth-order valence-electron chi connectivity index (χ4n) is 2.28. The summed E-state index contributed by atoms with van der Waals surface area (Å²) in [5.74, 6) is 1.19. The number of carbonyl (C=O) groups excluding carboxylic acids is 1. The monoisotopic (exact) mass is 328 g/mol. The Morgan fingerprint density at radius 1 is 0.957 bits per heavy atom. The first-order valence-corrected chi connectivity index (χ1v) is 9.37. The summed E-state index contributed by atoms with van der Waals surface area (Å²) in [6, 6.07) is 0. The Bertz CT molecular complexity index is 248. The van der Waals surface area contributed by atoms with Crippen LogP contribution in [0.4, 0.5) is 0 Å². The van der Waals surface area contributed by atoms with Gasteiger partial charge in [0.1, 0.15) is 0 Å². The van der Waals surface area contributed by atoms with Crippen LogP contribution in [0, 0.1) is 11.8 Å². The van der Waals surface area contributed by atoms with Gasteiger partial charge in [-0.05, 0) is 24.7 Å². The Balaban J connectivity index is 0. The average molecular weight is 329 g/mol. The van der Waals surface area contributed by atoms with Gasteiger partial charge >= 0.3 is 5.97 Å². The highest BCUT2D eigenvalue weighted by atomic mass is 16.5. The van der Waals surface area contributed by atoms with Crippen LogP contribution < -0.4 is 0 Å². The summed E-state index contributed by atoms with van der Waals surface area (Å²) >= 11 is 0. The summed E-state index contributed by atoms with van der Waals surface area (Å²) in [7, 11) is 1.31. The van der Waals surface area contributed by atoms with Crippen LogP contribution in [0.25, 0.3) is 0 Å². The lowest BCUT2D eigenvalue weighted by Gasteiger charge is -2.18. The molecule has 0 aromatic heterocycles. The second kappa shape index (κ2) is 19.2. The lowest BCUT2D eigenvalue weighted by atomic mass is 9.99. The highest BCUT2D eigenvalue weighted by molar-refractivity contribution is 5.80. The highest BCUT2D eigenvalue weighted by Gasteiger charge is 2.09. The summed E-state index contributed by atoms with van der Waals surface area (Å²) < 4.78 is 10.1. The molecule has 0 amide bonds. The van der Waals surface area contributed by atoms with Crippen LogP contribution in [-0.4, -0.2) is 26.3 Å². The van der Waals surface area contributed by atoms with E-state index in [0.29, 0.717) is 0 Å². The minimum Gasteiger partial charge on any atom is -0.466 e. The van der Waals surface area contributed by atoms with Crippen LogP contribution >= 0.6 is 0 Å². The van der Waals surface area contributed by atoms with E-state index < -0.39 is 5.97 Å². The van der Waals surface area contributed by atoms with Crippen molar-refractivity contribution < 1.29 is 14.3 Å². The van der Waals surface area contributed by atoms with Gasteiger partial charge in [-0.1, -0.05) is 72.8 Å². The first-order chi connectivity index (χ1) is 11.1. The van der Waals surface area contributed by atoms with Gasteiger partial charge in [0, 0.05) is 19.3 Å². The van der Waals surface area contributed by atoms with Gasteiger partial charge in [0.15, 0.2) is 0 Å². The Morgan fingerprint density at radius 2 is 1.39 bits per heavy atom. The van der Waals surface area contributed by atoms with Crippen LogP contribution in [0.5, 0.6) is 0 Å². The van der Waals surface area contributed by atoms with Crippen LogP contribution in [0.15, 0.2) is 12.7 Å². The van der Waals surface area contributed by atoms with E-state index in [4.69, 9.17) is 4.74 Å². The first kappa shape index (κ1) is 24.4. The Kier molecular flexibility index (Phi) is 20.4. The van der Waals surface area contributed by atoms with Gasteiger partial charge in [-0.25, -0.2) is 4.79 Å². The zero-order valence-electron chi connectivity index (χ0n) is 16.2. The Hall–Kier alpha value is -0.830. The summed E-state index contributed by atoms with van der Waals surface area (Å²) in [6.45, 7) is 14.2. The molecule has 0 heterocycles. The molecule has 0 radical (unpaired) electrons. The zero-order chi connectivity index (χ0) is 17.9. The van der Waals surface area contributed by atoms with Crippen molar-refractivity contribution in [3.05, 3.63) is 12.7 Å². The van der Waals surface area contributed by atoms with E-state index in [1.807, 2.05) is 0 Å². The number of rotatable bonds is 13. The Morgan fingerprint density at radius 3 is 1.61 bits per heavy atom. The fourth-order valence-corrected chi connectivity index (χ4v) is 2.28. The van der Waals surface area contributed by atoms with E-state index >= 15 is 0 Å². The van der Waals surface area contributed by atoms with Gasteiger partial charge in [0.2, 0.25) is 0 Å². The van der Waals surface area contributed by atoms with E-state index in [0.717, 1.165) is 31.1 Å². The number of hydrogen-bond acceptors (Lipinski definition) is 3. The minimum absolute atomic E-state index is 0.394. The van der Waals surface area contributed by atoms with Gasteiger partial charge in [0.25, 0.3) is 0 Å². The quantitative estimate of drug-likeness (QED) is 0.317. The van der Waals surface area contributed by atoms with E-state index in [1.54, 1.807) is 0 Å². The molecule has 0 aliphatic heterocycles. The second-order valence-electron chi connectivity index (χ2n) is 6.10. The highest BCUT2D eigenvalue weighted by Crippen LogP contribution is 2.16. The Labute approximate surface area is 144 Å². The minimum atomic E-state index is -0.394. The molecule has 0 aliphatic carbocycles. The number of carbonyl (C=O) groups is 1. The van der Waals surface area contributed by atoms with Gasteiger partial charge < -0.3 is 9.47 Å². The molecule has 0 fully saturated rings. The van der Waals surface area contributed by atoms with Crippen molar-refractivity contribution in [1.29, 1.82) is 0 Å². The third-order valence-electron chi connectivity index (χ3n) is 4.16. The van der Waals surface area contributed by atoms with Crippen molar-refractivity contribution in [1.82, 2.24) is 0 Å². The molecule has 2 atom stereocenters. The molecule has 0 saturated carbocycles. The number of esters is 1. The smallest absolute Gasteiger partial charge is 0.329 e. The molecule has 0 N–H and O–H groups in total. The lowest BCUT2D eigenvalue weighted by molar-refractivity contribution is -0.134. The molecule has 23 heavy (non-hydrogen) atoms. The third kappa shape index (κ3) is 17.4. The van der Waals surface area contributed by atoms with Crippen molar-refractivity contribution in [2.45, 2.75) is 79.1 Å². The normalized spacial score (nSPS) is 12.7. The predicted octanol–water partition coefficient (Wildman–Crippen LogP) is 5.78. The van der Waals surface area contributed by atoms with E-state index in [1.165, 1.54) is 58.5 Å². The number of ether oxygens (including phenoxy) is 2. The molecular weight excluding hydrogens is 288 g/mol. The standard InChI is InChI=1S/C16H34O.C4H6O2/c1-5-9-11-15(7-3)13-17-14-16(8-4)12-10-6-2;1-3-4(5)6-2/h15-16H,5-14H2,1-4H3;3H,1H2,2H3. The zero-order valence-corrected chi connectivity index (χ0v) is 16.2. The maximum Gasteiger partial charge on any atom is 0.329 e. The lowest BCUT2D eigenvalue weighted by Crippen LogP contribution is -2.14. The van der Waals surface area contributed by atoms with Crippen molar-refractivity contribution in [3.8, 4) is 0 Å². The topological polar surface area (TPSA) is 35.5 Å². The van der Waals surface area contributed by atoms with E-state index in [2.05, 4.69) is 39.0 Å². The SMILES string of the molecule is C=CC(=O)OC.CCCCC(CC)COCC(CC)CCCC. The molecule has 0 aliphatic rings. The molecule has 0 saturated heterocycles. The molecule has 0 bridgehead atoms. The van der Waals surface area contributed by atoms with Crippen LogP contribution in [0.2, 0.25) is 0 Å². The maximum absolute atomic E-state index is 9.84. The van der Waals surface area contributed by atoms with Crippen molar-refractivity contribution >= 4 is 5.97 Å². The van der Waals surface area contributed by atoms with Crippen LogP contribution in [0.3, 0.4) is 0 Å². The summed E-state index contributed by atoms with van der Waals surface area (Å²) in [5.41, 5.74) is 0. The molecule has 0 aromatic rings. The van der Waals surface area contributed by atoms with Crippen molar-refractivity contribution in [2.75, 3.05) is 20.3 Å². The first-order valence-electron chi connectivity index (χ1n) is 9.37. The summed E-state index contributed by atoms with van der Waals surface area (Å²) in [6.07, 6.45) is 11.7. The molecule has 0 spiro atoms. The van der Waals surface area contributed by atoms with Gasteiger partial charge in [-0.3, -0.25) is 0 Å². The van der Waals surface area contributed by atoms with Crippen LogP contribution in [-0.2, 0) is 14.3 Å². The van der Waals surface area contributed by atoms with Gasteiger partial charge in [-0.2, -0.15) is 0 Å². The van der Waals surface area contributed by atoms with E-state index in [-0.39, 0.29) is 0 Å². The van der Waals surface area contributed by atoms with E-state index in [9.17, 15) is 4.79 Å². The third-order valence-corrected chi connectivity index (χ3v) is 4.16. The summed E-state index contributed by atoms with van der Waals surface area (Å²) in [4.78, 5) is 9.84. The number of hydrogen-bond donors (Lipinski definition) is 0. The average Bonchev–Trinajstić information content (AvgIpc) is 2.60. The van der Waals surface area contributed by atoms with Crippen molar-refractivity contribution in [2.24, 2.45) is 11.8 Å². The molecule has 3 nitrogen and oxygen atoms in total.